The van der Waals surface area contributed by atoms with Gasteiger partial charge < -0.3 is 5.32 Å². The lowest BCUT2D eigenvalue weighted by molar-refractivity contribution is 0.102. The van der Waals surface area contributed by atoms with Crippen molar-refractivity contribution in [2.24, 2.45) is 7.05 Å². The number of para-hydroxylation sites is 1. The molecule has 0 aliphatic rings. The fourth-order valence-electron chi connectivity index (χ4n) is 2.52. The molecule has 3 aromatic rings. The Morgan fingerprint density at radius 3 is 2.67 bits per heavy atom. The zero-order chi connectivity index (χ0) is 17.5. The molecule has 1 aromatic carbocycles. The second-order valence-corrected chi connectivity index (χ2v) is 7.51. The van der Waals surface area contributed by atoms with Crippen molar-refractivity contribution in [1.82, 2.24) is 14.8 Å². The molecule has 0 spiro atoms. The van der Waals surface area contributed by atoms with Crippen LogP contribution in [0.1, 0.15) is 16.1 Å². The molecule has 0 saturated heterocycles. The van der Waals surface area contributed by atoms with Crippen molar-refractivity contribution in [1.29, 1.82) is 0 Å². The maximum Gasteiger partial charge on any atom is 0.257 e. The number of nitrogens with zero attached hydrogens (tertiary/aromatic N) is 3. The minimum absolute atomic E-state index is 0.0740. The highest BCUT2D eigenvalue weighted by Crippen LogP contribution is 2.22. The first-order chi connectivity index (χ1) is 11.3. The Labute approximate surface area is 139 Å². The van der Waals surface area contributed by atoms with E-state index in [1.165, 1.54) is 12.3 Å². The van der Waals surface area contributed by atoms with Crippen molar-refractivity contribution in [2.75, 3.05) is 11.6 Å². The highest BCUT2D eigenvalue weighted by Gasteiger charge is 2.16. The summed E-state index contributed by atoms with van der Waals surface area (Å²) in [5, 5.41) is 7.68. The van der Waals surface area contributed by atoms with Gasteiger partial charge in [0.25, 0.3) is 5.91 Å². The Hall–Kier alpha value is -2.74. The van der Waals surface area contributed by atoms with Gasteiger partial charge in [-0.05, 0) is 25.1 Å². The largest absolute Gasteiger partial charge is 0.321 e. The van der Waals surface area contributed by atoms with Gasteiger partial charge in [-0.15, -0.1) is 0 Å². The van der Waals surface area contributed by atoms with Gasteiger partial charge in [0.2, 0.25) is 0 Å². The van der Waals surface area contributed by atoms with Gasteiger partial charge in [-0.3, -0.25) is 9.48 Å². The van der Waals surface area contributed by atoms with Gasteiger partial charge in [0.05, 0.1) is 21.8 Å². The van der Waals surface area contributed by atoms with E-state index in [1.807, 2.05) is 6.92 Å². The molecule has 0 saturated carbocycles. The molecule has 8 heteroatoms. The summed E-state index contributed by atoms with van der Waals surface area (Å²) in [6.07, 6.45) is 2.55. The molecule has 7 nitrogen and oxygen atoms in total. The summed E-state index contributed by atoms with van der Waals surface area (Å²) < 4.78 is 25.3. The summed E-state index contributed by atoms with van der Waals surface area (Å²) in [6, 6.07) is 7.98. The third kappa shape index (κ3) is 2.88. The van der Waals surface area contributed by atoms with Gasteiger partial charge in [0.1, 0.15) is 0 Å². The highest BCUT2D eigenvalue weighted by molar-refractivity contribution is 7.90. The van der Waals surface area contributed by atoms with Gasteiger partial charge in [0.15, 0.2) is 15.5 Å². The summed E-state index contributed by atoms with van der Waals surface area (Å²) in [5.41, 5.74) is 2.03. The number of carbonyl (C=O) groups is 1. The summed E-state index contributed by atoms with van der Waals surface area (Å²) >= 11 is 0. The molecule has 3 rings (SSSR count). The highest BCUT2D eigenvalue weighted by atomic mass is 32.2. The zero-order valence-corrected chi connectivity index (χ0v) is 14.3. The maximum absolute atomic E-state index is 12.5. The van der Waals surface area contributed by atoms with E-state index >= 15 is 0 Å². The molecule has 0 aliphatic heterocycles. The van der Waals surface area contributed by atoms with Crippen LogP contribution in [0.15, 0.2) is 41.4 Å². The molecule has 0 aliphatic carbocycles. The van der Waals surface area contributed by atoms with Gasteiger partial charge in [-0.1, -0.05) is 12.1 Å². The SMILES string of the molecule is Cc1nn(C)c2ncc(C(=O)Nc3ccccc3S(C)(=O)=O)cc12. The van der Waals surface area contributed by atoms with E-state index in [1.54, 1.807) is 36.0 Å². The molecule has 2 aromatic heterocycles. The zero-order valence-electron chi connectivity index (χ0n) is 13.4. The number of anilines is 1. The van der Waals surface area contributed by atoms with Gasteiger partial charge in [-0.2, -0.15) is 5.10 Å². The second-order valence-electron chi connectivity index (χ2n) is 5.53. The predicted octanol–water partition coefficient (Wildman–Crippen LogP) is 1.93. The summed E-state index contributed by atoms with van der Waals surface area (Å²) in [6.45, 7) is 1.84. The molecule has 0 fully saturated rings. The lowest BCUT2D eigenvalue weighted by Crippen LogP contribution is -2.14. The molecular weight excluding hydrogens is 328 g/mol. The van der Waals surface area contributed by atoms with Crippen LogP contribution in [0.25, 0.3) is 11.0 Å². The van der Waals surface area contributed by atoms with E-state index in [9.17, 15) is 13.2 Å². The summed E-state index contributed by atoms with van der Waals surface area (Å²) in [4.78, 5) is 16.8. The van der Waals surface area contributed by atoms with Crippen LogP contribution < -0.4 is 5.32 Å². The Bertz CT molecular complexity index is 1050. The quantitative estimate of drug-likeness (QED) is 0.783. The number of sulfone groups is 1. The van der Waals surface area contributed by atoms with Crippen LogP contribution in [0.4, 0.5) is 5.69 Å². The molecule has 1 amide bonds. The van der Waals surface area contributed by atoms with Gasteiger partial charge >= 0.3 is 0 Å². The molecule has 124 valence electrons. The number of nitrogens with one attached hydrogen (secondary N) is 1. The molecule has 2 heterocycles. The van der Waals surface area contributed by atoms with Crippen molar-refractivity contribution in [3.63, 3.8) is 0 Å². The number of fused-ring (bicyclic) bond motifs is 1. The molecule has 0 radical (unpaired) electrons. The fourth-order valence-corrected chi connectivity index (χ4v) is 3.36. The van der Waals surface area contributed by atoms with Crippen LogP contribution in [0, 0.1) is 6.92 Å². The summed E-state index contributed by atoms with van der Waals surface area (Å²) in [5.74, 6) is -0.427. The van der Waals surface area contributed by atoms with Crippen molar-refractivity contribution < 1.29 is 13.2 Å². The molecule has 0 atom stereocenters. The van der Waals surface area contributed by atoms with E-state index in [0.717, 1.165) is 17.3 Å². The fraction of sp³-hybridized carbons (Fsp3) is 0.188. The average molecular weight is 344 g/mol. The maximum atomic E-state index is 12.5. The minimum Gasteiger partial charge on any atom is -0.321 e. The number of aromatic nitrogens is 3. The van der Waals surface area contributed by atoms with Gasteiger partial charge in [0, 0.05) is 24.9 Å². The Morgan fingerprint density at radius 1 is 1.25 bits per heavy atom. The first-order valence-electron chi connectivity index (χ1n) is 7.17. The first-order valence-corrected chi connectivity index (χ1v) is 9.06. The number of aryl methyl sites for hydroxylation is 2. The summed E-state index contributed by atoms with van der Waals surface area (Å²) in [7, 11) is -1.66. The number of carbonyl (C=O) groups excluding carboxylic acids is 1. The molecule has 24 heavy (non-hydrogen) atoms. The third-order valence-corrected chi connectivity index (χ3v) is 4.81. The van der Waals surface area contributed by atoms with Crippen LogP contribution in [-0.2, 0) is 16.9 Å². The number of rotatable bonds is 3. The molecule has 1 N–H and O–H groups in total. The number of pyridine rings is 1. The van der Waals surface area contributed by atoms with Crippen LogP contribution in [0.3, 0.4) is 0 Å². The van der Waals surface area contributed by atoms with E-state index in [2.05, 4.69) is 15.4 Å². The Balaban J connectivity index is 1.98. The minimum atomic E-state index is -3.44. The Morgan fingerprint density at radius 2 is 1.96 bits per heavy atom. The van der Waals surface area contributed by atoms with E-state index in [0.29, 0.717) is 11.2 Å². The molecule has 0 unspecified atom stereocenters. The van der Waals surface area contributed by atoms with Crippen LogP contribution in [0.5, 0.6) is 0 Å². The number of hydrogen-bond acceptors (Lipinski definition) is 5. The monoisotopic (exact) mass is 344 g/mol. The average Bonchev–Trinajstić information content (AvgIpc) is 2.81. The second kappa shape index (κ2) is 5.72. The lowest BCUT2D eigenvalue weighted by Gasteiger charge is -2.09. The van der Waals surface area contributed by atoms with Crippen molar-refractivity contribution in [3.8, 4) is 0 Å². The van der Waals surface area contributed by atoms with E-state index in [4.69, 9.17) is 0 Å². The van der Waals surface area contributed by atoms with E-state index in [-0.39, 0.29) is 10.6 Å². The smallest absolute Gasteiger partial charge is 0.257 e. The van der Waals surface area contributed by atoms with Crippen molar-refractivity contribution >= 4 is 32.5 Å². The van der Waals surface area contributed by atoms with Crippen molar-refractivity contribution in [3.05, 3.63) is 47.8 Å². The lowest BCUT2D eigenvalue weighted by atomic mass is 10.2. The van der Waals surface area contributed by atoms with Crippen LogP contribution >= 0.6 is 0 Å². The number of hydrogen-bond donors (Lipinski definition) is 1. The standard InChI is InChI=1S/C16H16N4O3S/c1-10-12-8-11(9-17-15(12)20(2)19-10)16(21)18-13-6-4-5-7-14(13)24(3,22)23/h4-9H,1-3H3,(H,18,21). The van der Waals surface area contributed by atoms with E-state index < -0.39 is 15.7 Å². The first kappa shape index (κ1) is 16.1. The third-order valence-electron chi connectivity index (χ3n) is 3.66. The Kier molecular flexibility index (Phi) is 3.84. The molecular formula is C16H16N4O3S. The number of benzene rings is 1. The number of amides is 1. The van der Waals surface area contributed by atoms with Gasteiger partial charge in [-0.25, -0.2) is 13.4 Å². The van der Waals surface area contributed by atoms with Crippen LogP contribution in [0.2, 0.25) is 0 Å². The van der Waals surface area contributed by atoms with Crippen LogP contribution in [-0.4, -0.2) is 35.3 Å². The topological polar surface area (TPSA) is 93.9 Å². The van der Waals surface area contributed by atoms with Crippen molar-refractivity contribution in [2.45, 2.75) is 11.8 Å². The molecule has 0 bridgehead atoms. The predicted molar refractivity (Wildman–Crippen MR) is 90.8 cm³/mol. The normalized spacial score (nSPS) is 11.6.